The Kier molecular flexibility index (Phi) is 3.72. The lowest BCUT2D eigenvalue weighted by Gasteiger charge is -1.98. The predicted molar refractivity (Wildman–Crippen MR) is 85.2 cm³/mol. The minimum absolute atomic E-state index is 0.130. The zero-order valence-electron chi connectivity index (χ0n) is 11.6. The minimum atomic E-state index is -1.14. The number of aryl methyl sites for hydroxylation is 1. The van der Waals surface area contributed by atoms with Crippen molar-refractivity contribution in [2.75, 3.05) is 0 Å². The van der Waals surface area contributed by atoms with Gasteiger partial charge in [-0.25, -0.2) is 9.78 Å². The van der Waals surface area contributed by atoms with E-state index in [1.807, 2.05) is 25.1 Å². The molecule has 0 saturated carbocycles. The van der Waals surface area contributed by atoms with Crippen LogP contribution in [-0.4, -0.2) is 20.5 Å². The molecule has 7 heteroatoms. The average Bonchev–Trinajstić information content (AvgIpc) is 2.83. The Morgan fingerprint density at radius 1 is 1.27 bits per heavy atom. The van der Waals surface area contributed by atoms with Crippen molar-refractivity contribution >= 4 is 39.1 Å². The lowest BCUT2D eigenvalue weighted by molar-refractivity contribution is 0.0692. The Balaban J connectivity index is 2.14. The number of carbonyl (C=O) groups is 1. The van der Waals surface area contributed by atoms with Gasteiger partial charge in [0.15, 0.2) is 11.5 Å². The maximum atomic E-state index is 11.4. The number of hydrogen-bond acceptors (Lipinski definition) is 4. The van der Waals surface area contributed by atoms with Gasteiger partial charge in [0.1, 0.15) is 5.65 Å². The molecular weight excluding hydrogens is 348 g/mol. The first-order chi connectivity index (χ1) is 10.5. The lowest BCUT2D eigenvalue weighted by atomic mass is 10.2. The lowest BCUT2D eigenvalue weighted by Crippen LogP contribution is -1.96. The van der Waals surface area contributed by atoms with E-state index >= 15 is 0 Å². The van der Waals surface area contributed by atoms with Crippen LogP contribution in [0, 0.1) is 6.92 Å². The largest absolute Gasteiger partial charge is 0.476 e. The number of hydrogen-bond donors (Lipinski definition) is 1. The van der Waals surface area contributed by atoms with Crippen molar-refractivity contribution in [1.82, 2.24) is 9.38 Å². The van der Waals surface area contributed by atoms with Crippen LogP contribution in [-0.2, 0) is 0 Å². The van der Waals surface area contributed by atoms with E-state index in [0.29, 0.717) is 11.3 Å². The van der Waals surface area contributed by atoms with Crippen LogP contribution in [0.1, 0.15) is 16.1 Å². The molecule has 0 radical (unpaired) electrons. The fourth-order valence-corrected chi connectivity index (χ4v) is 2.38. The third-order valence-electron chi connectivity index (χ3n) is 3.02. The Hall–Kier alpha value is -2.54. The number of imidazole rings is 1. The second kappa shape index (κ2) is 5.69. The first-order valence-corrected chi connectivity index (χ1v) is 7.23. The van der Waals surface area contributed by atoms with Crippen LogP contribution in [0.25, 0.3) is 5.65 Å². The van der Waals surface area contributed by atoms with Gasteiger partial charge in [0, 0.05) is 10.7 Å². The van der Waals surface area contributed by atoms with Gasteiger partial charge in [-0.05, 0) is 52.7 Å². The molecule has 1 N–H and O–H groups in total. The van der Waals surface area contributed by atoms with Gasteiger partial charge in [0.05, 0.1) is 5.69 Å². The zero-order valence-corrected chi connectivity index (χ0v) is 13.1. The number of aromatic carboxylic acids is 1. The van der Waals surface area contributed by atoms with Gasteiger partial charge in [-0.1, -0.05) is 12.1 Å². The summed E-state index contributed by atoms with van der Waals surface area (Å²) in [6.45, 7) is 1.95. The third kappa shape index (κ3) is 2.75. The molecule has 0 spiro atoms. The fraction of sp³-hybridized carbons (Fsp3) is 0.0667. The molecule has 1 aromatic carbocycles. The van der Waals surface area contributed by atoms with Crippen LogP contribution in [0.5, 0.6) is 0 Å². The molecular formula is C15H11BrN4O2. The van der Waals surface area contributed by atoms with Crippen LogP contribution >= 0.6 is 15.9 Å². The van der Waals surface area contributed by atoms with Crippen LogP contribution < -0.4 is 0 Å². The molecule has 110 valence electrons. The SMILES string of the molecule is Cc1cccc(N=Nc2c(C(=O)O)nc3ccc(Br)cn23)c1. The summed E-state index contributed by atoms with van der Waals surface area (Å²) in [5, 5.41) is 17.5. The van der Waals surface area contributed by atoms with Crippen molar-refractivity contribution in [2.24, 2.45) is 10.2 Å². The van der Waals surface area contributed by atoms with E-state index in [0.717, 1.165) is 10.0 Å². The number of azo groups is 1. The Morgan fingerprint density at radius 3 is 2.82 bits per heavy atom. The van der Waals surface area contributed by atoms with Gasteiger partial charge >= 0.3 is 5.97 Å². The van der Waals surface area contributed by atoms with Crippen LogP contribution in [0.15, 0.2) is 57.3 Å². The molecule has 2 heterocycles. The van der Waals surface area contributed by atoms with Crippen molar-refractivity contribution in [3.8, 4) is 0 Å². The summed E-state index contributed by atoms with van der Waals surface area (Å²) in [5.41, 5.74) is 2.07. The summed E-state index contributed by atoms with van der Waals surface area (Å²) in [6, 6.07) is 11.0. The maximum Gasteiger partial charge on any atom is 0.358 e. The fourth-order valence-electron chi connectivity index (χ4n) is 2.04. The summed E-state index contributed by atoms with van der Waals surface area (Å²) in [6.07, 6.45) is 1.71. The highest BCUT2D eigenvalue weighted by Gasteiger charge is 2.18. The molecule has 0 aliphatic rings. The van der Waals surface area contributed by atoms with E-state index in [1.54, 1.807) is 28.8 Å². The van der Waals surface area contributed by atoms with Crippen molar-refractivity contribution in [1.29, 1.82) is 0 Å². The van der Waals surface area contributed by atoms with Crippen molar-refractivity contribution in [2.45, 2.75) is 6.92 Å². The van der Waals surface area contributed by atoms with Crippen molar-refractivity contribution in [3.05, 3.63) is 58.3 Å². The van der Waals surface area contributed by atoms with E-state index in [9.17, 15) is 9.90 Å². The van der Waals surface area contributed by atoms with E-state index in [2.05, 4.69) is 31.1 Å². The summed E-state index contributed by atoms with van der Waals surface area (Å²) in [7, 11) is 0. The number of pyridine rings is 1. The third-order valence-corrected chi connectivity index (χ3v) is 3.49. The molecule has 0 aliphatic carbocycles. The minimum Gasteiger partial charge on any atom is -0.476 e. The van der Waals surface area contributed by atoms with Crippen LogP contribution in [0.2, 0.25) is 0 Å². The average molecular weight is 359 g/mol. The molecule has 0 amide bonds. The number of halogens is 1. The molecule has 6 nitrogen and oxygen atoms in total. The van der Waals surface area contributed by atoms with E-state index in [-0.39, 0.29) is 11.5 Å². The Morgan fingerprint density at radius 2 is 2.09 bits per heavy atom. The van der Waals surface area contributed by atoms with Gasteiger partial charge in [0.25, 0.3) is 0 Å². The normalized spacial score (nSPS) is 11.4. The molecule has 22 heavy (non-hydrogen) atoms. The molecule has 0 fully saturated rings. The molecule has 0 bridgehead atoms. The van der Waals surface area contributed by atoms with Gasteiger partial charge in [0.2, 0.25) is 0 Å². The number of carboxylic acids is 1. The van der Waals surface area contributed by atoms with Crippen LogP contribution in [0.4, 0.5) is 11.5 Å². The molecule has 0 saturated heterocycles. The van der Waals surface area contributed by atoms with Gasteiger partial charge < -0.3 is 5.11 Å². The van der Waals surface area contributed by atoms with E-state index in [1.165, 1.54) is 0 Å². The maximum absolute atomic E-state index is 11.4. The smallest absolute Gasteiger partial charge is 0.358 e. The first kappa shape index (κ1) is 14.4. The van der Waals surface area contributed by atoms with Crippen molar-refractivity contribution < 1.29 is 9.90 Å². The molecule has 2 aromatic heterocycles. The summed E-state index contributed by atoms with van der Waals surface area (Å²) in [4.78, 5) is 15.4. The number of aromatic nitrogens is 2. The molecule has 3 rings (SSSR count). The quantitative estimate of drug-likeness (QED) is 0.699. The highest BCUT2D eigenvalue weighted by Crippen LogP contribution is 2.26. The summed E-state index contributed by atoms with van der Waals surface area (Å²) >= 11 is 3.35. The molecule has 3 aromatic rings. The Bertz CT molecular complexity index is 902. The van der Waals surface area contributed by atoms with Gasteiger partial charge in [-0.2, -0.15) is 0 Å². The van der Waals surface area contributed by atoms with Crippen LogP contribution in [0.3, 0.4) is 0 Å². The molecule has 0 unspecified atom stereocenters. The number of nitrogens with zero attached hydrogens (tertiary/aromatic N) is 4. The zero-order chi connectivity index (χ0) is 15.7. The molecule has 0 atom stereocenters. The second-order valence-electron chi connectivity index (χ2n) is 4.70. The predicted octanol–water partition coefficient (Wildman–Crippen LogP) is 4.52. The number of benzene rings is 1. The van der Waals surface area contributed by atoms with Gasteiger partial charge in [-0.3, -0.25) is 4.40 Å². The van der Waals surface area contributed by atoms with E-state index in [4.69, 9.17) is 0 Å². The second-order valence-corrected chi connectivity index (χ2v) is 5.62. The summed E-state index contributed by atoms with van der Waals surface area (Å²) in [5.74, 6) is -0.955. The topological polar surface area (TPSA) is 79.3 Å². The number of rotatable bonds is 3. The summed E-state index contributed by atoms with van der Waals surface area (Å²) < 4.78 is 2.38. The standard InChI is InChI=1S/C15H11BrN4O2/c1-9-3-2-4-11(7-9)18-19-14-13(15(21)22)17-12-6-5-10(16)8-20(12)14/h2-8H,1H3,(H,21,22). The van der Waals surface area contributed by atoms with Crippen molar-refractivity contribution in [3.63, 3.8) is 0 Å². The highest BCUT2D eigenvalue weighted by molar-refractivity contribution is 9.10. The monoisotopic (exact) mass is 358 g/mol. The number of carboxylic acid groups (broad SMARTS) is 1. The Labute approximate surface area is 134 Å². The highest BCUT2D eigenvalue weighted by atomic mass is 79.9. The van der Waals surface area contributed by atoms with Gasteiger partial charge in [-0.15, -0.1) is 10.2 Å². The van der Waals surface area contributed by atoms with E-state index < -0.39 is 5.97 Å². The molecule has 0 aliphatic heterocycles. The number of fused-ring (bicyclic) bond motifs is 1. The first-order valence-electron chi connectivity index (χ1n) is 6.44.